The molecule has 1 aromatic heterocycles. The van der Waals surface area contributed by atoms with E-state index in [-0.39, 0.29) is 5.97 Å². The summed E-state index contributed by atoms with van der Waals surface area (Å²) in [7, 11) is 1.39. The average Bonchev–Trinajstić information content (AvgIpc) is 2.82. The Balaban J connectivity index is 1.71. The first-order valence-electron chi connectivity index (χ1n) is 7.61. The van der Waals surface area contributed by atoms with Crippen LogP contribution in [0.3, 0.4) is 0 Å². The largest absolute Gasteiger partial charge is 0.465 e. The van der Waals surface area contributed by atoms with Gasteiger partial charge in [-0.05, 0) is 43.2 Å². The third kappa shape index (κ3) is 2.13. The molecule has 0 unspecified atom stereocenters. The van der Waals surface area contributed by atoms with Crippen molar-refractivity contribution in [2.24, 2.45) is 0 Å². The number of hydrogen-bond acceptors (Lipinski definition) is 5. The smallest absolute Gasteiger partial charge is 0.337 e. The summed E-state index contributed by atoms with van der Waals surface area (Å²) in [6, 6.07) is 10.4. The van der Waals surface area contributed by atoms with E-state index in [0.717, 1.165) is 29.9 Å². The second-order valence-corrected chi connectivity index (χ2v) is 5.90. The van der Waals surface area contributed by atoms with Crippen LogP contribution in [0.25, 0.3) is 10.9 Å². The molecule has 0 N–H and O–H groups in total. The van der Waals surface area contributed by atoms with Crippen LogP contribution >= 0.6 is 0 Å². The Morgan fingerprint density at radius 3 is 2.73 bits per heavy atom. The maximum atomic E-state index is 11.6. The zero-order valence-electron chi connectivity index (χ0n) is 12.5. The van der Waals surface area contributed by atoms with Gasteiger partial charge in [-0.3, -0.25) is 0 Å². The molecule has 114 valence electrons. The topological polar surface area (TPSA) is 51.7 Å². The van der Waals surface area contributed by atoms with Gasteiger partial charge in [0.15, 0.2) is 0 Å². The van der Waals surface area contributed by atoms with E-state index in [4.69, 9.17) is 14.5 Å². The molecule has 2 aliphatic heterocycles. The van der Waals surface area contributed by atoms with Crippen LogP contribution in [0.5, 0.6) is 0 Å². The van der Waals surface area contributed by atoms with Crippen LogP contribution in [0, 0.1) is 0 Å². The minimum atomic E-state index is -0.322. The fraction of sp³-hybridized carbons (Fsp3) is 0.412. The van der Waals surface area contributed by atoms with Gasteiger partial charge in [0.1, 0.15) is 5.82 Å². The first-order valence-corrected chi connectivity index (χ1v) is 7.61. The highest BCUT2D eigenvalue weighted by atomic mass is 16.5. The Morgan fingerprint density at radius 2 is 2.00 bits per heavy atom. The zero-order chi connectivity index (χ0) is 15.1. The van der Waals surface area contributed by atoms with Crippen molar-refractivity contribution >= 4 is 22.7 Å². The quantitative estimate of drug-likeness (QED) is 0.797. The van der Waals surface area contributed by atoms with Gasteiger partial charge in [-0.15, -0.1) is 0 Å². The highest BCUT2D eigenvalue weighted by Crippen LogP contribution is 2.33. The van der Waals surface area contributed by atoms with Crippen LogP contribution in [-0.4, -0.2) is 43.4 Å². The molecule has 2 bridgehead atoms. The van der Waals surface area contributed by atoms with Crippen LogP contribution in [-0.2, 0) is 9.47 Å². The van der Waals surface area contributed by atoms with E-state index in [0.29, 0.717) is 17.6 Å². The first-order chi connectivity index (χ1) is 10.8. The molecule has 2 aromatic rings. The third-order valence-electron chi connectivity index (χ3n) is 4.60. The lowest BCUT2D eigenvalue weighted by atomic mass is 10.1. The number of morpholine rings is 1. The number of pyridine rings is 1. The highest BCUT2D eigenvalue weighted by molar-refractivity contribution is 5.94. The lowest BCUT2D eigenvalue weighted by Crippen LogP contribution is -2.46. The molecule has 2 aliphatic rings. The van der Waals surface area contributed by atoms with E-state index in [1.54, 1.807) is 6.07 Å². The van der Waals surface area contributed by atoms with Gasteiger partial charge in [-0.1, -0.05) is 0 Å². The number of methoxy groups -OCH3 is 1. The predicted molar refractivity (Wildman–Crippen MR) is 83.2 cm³/mol. The molecule has 5 nitrogen and oxygen atoms in total. The van der Waals surface area contributed by atoms with Gasteiger partial charge in [-0.2, -0.15) is 0 Å². The summed E-state index contributed by atoms with van der Waals surface area (Å²) in [5.41, 5.74) is 1.45. The lowest BCUT2D eigenvalue weighted by molar-refractivity contribution is 0.0601. The molecule has 2 saturated heterocycles. The van der Waals surface area contributed by atoms with E-state index >= 15 is 0 Å². The monoisotopic (exact) mass is 298 g/mol. The number of hydrogen-bond donors (Lipinski definition) is 0. The van der Waals surface area contributed by atoms with Gasteiger partial charge in [-0.25, -0.2) is 9.78 Å². The Labute approximate surface area is 128 Å². The zero-order valence-corrected chi connectivity index (χ0v) is 12.5. The van der Waals surface area contributed by atoms with Gasteiger partial charge in [0.05, 0.1) is 43.5 Å². The van der Waals surface area contributed by atoms with Crippen molar-refractivity contribution in [3.63, 3.8) is 0 Å². The number of fused-ring (bicyclic) bond motifs is 3. The normalized spacial score (nSPS) is 23.8. The molecule has 4 rings (SSSR count). The van der Waals surface area contributed by atoms with Crippen LogP contribution < -0.4 is 4.90 Å². The summed E-state index contributed by atoms with van der Waals surface area (Å²) >= 11 is 0. The minimum absolute atomic E-state index is 0.322. The average molecular weight is 298 g/mol. The van der Waals surface area contributed by atoms with Crippen molar-refractivity contribution < 1.29 is 14.3 Å². The number of esters is 1. The number of anilines is 1. The SMILES string of the molecule is COC(=O)c1ccc2nc(N3[C@@H]4CC[C@H]3COC4)ccc2c1. The van der Waals surface area contributed by atoms with E-state index in [1.807, 2.05) is 24.3 Å². The summed E-state index contributed by atoms with van der Waals surface area (Å²) in [6.07, 6.45) is 2.34. The van der Waals surface area contributed by atoms with E-state index in [2.05, 4.69) is 4.90 Å². The van der Waals surface area contributed by atoms with Gasteiger partial charge in [0.25, 0.3) is 0 Å². The number of aromatic nitrogens is 1. The fourth-order valence-corrected chi connectivity index (χ4v) is 3.51. The Hall–Kier alpha value is -2.14. The van der Waals surface area contributed by atoms with Crippen molar-refractivity contribution in [1.29, 1.82) is 0 Å². The Morgan fingerprint density at radius 1 is 1.23 bits per heavy atom. The Bertz CT molecular complexity index is 715. The lowest BCUT2D eigenvalue weighted by Gasteiger charge is -2.35. The maximum absolute atomic E-state index is 11.6. The second kappa shape index (κ2) is 5.25. The molecule has 0 radical (unpaired) electrons. The van der Waals surface area contributed by atoms with Crippen molar-refractivity contribution in [3.05, 3.63) is 35.9 Å². The van der Waals surface area contributed by atoms with Crippen LogP contribution in [0.4, 0.5) is 5.82 Å². The van der Waals surface area contributed by atoms with Crippen LogP contribution in [0.1, 0.15) is 23.2 Å². The molecule has 2 atom stereocenters. The number of ether oxygens (including phenoxy) is 2. The summed E-state index contributed by atoms with van der Waals surface area (Å²) in [5, 5.41) is 0.951. The van der Waals surface area contributed by atoms with Crippen molar-refractivity contribution in [1.82, 2.24) is 4.98 Å². The van der Waals surface area contributed by atoms with Crippen molar-refractivity contribution in [2.45, 2.75) is 24.9 Å². The molecule has 22 heavy (non-hydrogen) atoms. The molecule has 0 saturated carbocycles. The van der Waals surface area contributed by atoms with E-state index in [9.17, 15) is 4.79 Å². The standard InChI is InChI=1S/C17H18N2O3/c1-21-17(20)12-2-6-15-11(8-12)3-7-16(18-15)19-13-4-5-14(19)10-22-9-13/h2-3,6-8,13-14H,4-5,9-10H2,1H3/t13-,14+. The molecule has 3 heterocycles. The summed E-state index contributed by atoms with van der Waals surface area (Å²) < 4.78 is 10.4. The summed E-state index contributed by atoms with van der Waals surface area (Å²) in [4.78, 5) is 18.8. The second-order valence-electron chi connectivity index (χ2n) is 5.90. The summed E-state index contributed by atoms with van der Waals surface area (Å²) in [5.74, 6) is 0.686. The maximum Gasteiger partial charge on any atom is 0.337 e. The van der Waals surface area contributed by atoms with E-state index < -0.39 is 0 Å². The molecule has 0 aliphatic carbocycles. The van der Waals surface area contributed by atoms with Gasteiger partial charge >= 0.3 is 5.97 Å². The molecule has 2 fully saturated rings. The third-order valence-corrected chi connectivity index (χ3v) is 4.60. The molecule has 0 spiro atoms. The fourth-order valence-electron chi connectivity index (χ4n) is 3.51. The van der Waals surface area contributed by atoms with Crippen molar-refractivity contribution in [2.75, 3.05) is 25.2 Å². The Kier molecular flexibility index (Phi) is 3.22. The molecular formula is C17H18N2O3. The van der Waals surface area contributed by atoms with Crippen LogP contribution in [0.15, 0.2) is 30.3 Å². The number of rotatable bonds is 2. The van der Waals surface area contributed by atoms with Crippen LogP contribution in [0.2, 0.25) is 0 Å². The molecule has 0 amide bonds. The van der Waals surface area contributed by atoms with Gasteiger partial charge < -0.3 is 14.4 Å². The number of nitrogens with zero attached hydrogens (tertiary/aromatic N) is 2. The number of carbonyl (C=O) groups is 1. The van der Waals surface area contributed by atoms with Gasteiger partial charge in [0, 0.05) is 5.39 Å². The summed E-state index contributed by atoms with van der Waals surface area (Å²) in [6.45, 7) is 1.58. The first kappa shape index (κ1) is 13.5. The number of carbonyl (C=O) groups excluding carboxylic acids is 1. The molecule has 5 heteroatoms. The predicted octanol–water partition coefficient (Wildman–Crippen LogP) is 2.39. The number of benzene rings is 1. The molecule has 1 aromatic carbocycles. The van der Waals surface area contributed by atoms with Crippen molar-refractivity contribution in [3.8, 4) is 0 Å². The highest BCUT2D eigenvalue weighted by Gasteiger charge is 2.38. The minimum Gasteiger partial charge on any atom is -0.465 e. The molecular weight excluding hydrogens is 280 g/mol. The van der Waals surface area contributed by atoms with Gasteiger partial charge in [0.2, 0.25) is 0 Å². The van der Waals surface area contributed by atoms with E-state index in [1.165, 1.54) is 20.0 Å².